The highest BCUT2D eigenvalue weighted by Crippen LogP contribution is 2.40. The number of nitrogens with zero attached hydrogens (tertiary/aromatic N) is 2. The Balaban J connectivity index is 2.02. The highest BCUT2D eigenvalue weighted by atomic mass is 15.2. The van der Waals surface area contributed by atoms with Crippen LogP contribution in [0.15, 0.2) is 12.3 Å². The van der Waals surface area contributed by atoms with Gasteiger partial charge in [0.15, 0.2) is 0 Å². The summed E-state index contributed by atoms with van der Waals surface area (Å²) >= 11 is 0. The third kappa shape index (κ3) is 2.64. The molecule has 0 aromatic carbocycles. The standard InChI is InChI=1S/C13H23N3/c1-3-14-11-13(7-4-5-8-13)10-12-6-9-16(2)15-12/h6,9,14H,3-5,7-8,10-11H2,1-2H3. The Morgan fingerprint density at radius 2 is 2.19 bits per heavy atom. The van der Waals surface area contributed by atoms with E-state index in [2.05, 4.69) is 23.4 Å². The Labute approximate surface area is 98.2 Å². The first kappa shape index (κ1) is 11.6. The summed E-state index contributed by atoms with van der Waals surface area (Å²) in [5.41, 5.74) is 1.73. The average molecular weight is 221 g/mol. The topological polar surface area (TPSA) is 29.9 Å². The Kier molecular flexibility index (Phi) is 3.64. The average Bonchev–Trinajstić information content (AvgIpc) is 2.87. The van der Waals surface area contributed by atoms with E-state index in [1.165, 1.54) is 31.4 Å². The summed E-state index contributed by atoms with van der Waals surface area (Å²) in [5.74, 6) is 0. The van der Waals surface area contributed by atoms with Crippen LogP contribution < -0.4 is 5.32 Å². The quantitative estimate of drug-likeness (QED) is 0.825. The van der Waals surface area contributed by atoms with E-state index in [0.29, 0.717) is 5.41 Å². The van der Waals surface area contributed by atoms with Crippen LogP contribution in [0.3, 0.4) is 0 Å². The van der Waals surface area contributed by atoms with E-state index in [9.17, 15) is 0 Å². The van der Waals surface area contributed by atoms with Gasteiger partial charge in [0.25, 0.3) is 0 Å². The third-order valence-electron chi connectivity index (χ3n) is 3.74. The molecule has 3 heteroatoms. The summed E-state index contributed by atoms with van der Waals surface area (Å²) in [5, 5.41) is 8.04. The van der Waals surface area contributed by atoms with E-state index in [4.69, 9.17) is 0 Å². The lowest BCUT2D eigenvalue weighted by Crippen LogP contribution is -2.34. The highest BCUT2D eigenvalue weighted by molar-refractivity contribution is 5.05. The Morgan fingerprint density at radius 1 is 1.44 bits per heavy atom. The normalized spacial score (nSPS) is 19.1. The molecule has 0 aliphatic heterocycles. The number of rotatable bonds is 5. The van der Waals surface area contributed by atoms with Crippen LogP contribution in [0.2, 0.25) is 0 Å². The fourth-order valence-electron chi connectivity index (χ4n) is 2.87. The second-order valence-electron chi connectivity index (χ2n) is 5.14. The minimum Gasteiger partial charge on any atom is -0.316 e. The molecule has 0 amide bonds. The van der Waals surface area contributed by atoms with Crippen LogP contribution in [-0.2, 0) is 13.5 Å². The van der Waals surface area contributed by atoms with Gasteiger partial charge in [-0.25, -0.2) is 0 Å². The van der Waals surface area contributed by atoms with E-state index >= 15 is 0 Å². The molecule has 1 heterocycles. The molecule has 1 aliphatic carbocycles. The highest BCUT2D eigenvalue weighted by Gasteiger charge is 2.34. The summed E-state index contributed by atoms with van der Waals surface area (Å²) in [4.78, 5) is 0. The van der Waals surface area contributed by atoms with Crippen molar-refractivity contribution in [3.63, 3.8) is 0 Å². The van der Waals surface area contributed by atoms with Crippen LogP contribution in [0.5, 0.6) is 0 Å². The predicted molar refractivity (Wildman–Crippen MR) is 66.4 cm³/mol. The lowest BCUT2D eigenvalue weighted by molar-refractivity contribution is 0.277. The molecule has 16 heavy (non-hydrogen) atoms. The largest absolute Gasteiger partial charge is 0.316 e. The molecule has 90 valence electrons. The van der Waals surface area contributed by atoms with Gasteiger partial charge in [0.2, 0.25) is 0 Å². The number of aryl methyl sites for hydroxylation is 1. The minimum atomic E-state index is 0.477. The van der Waals surface area contributed by atoms with Crippen LogP contribution >= 0.6 is 0 Å². The lowest BCUT2D eigenvalue weighted by Gasteiger charge is -2.28. The molecule has 0 spiro atoms. The fraction of sp³-hybridized carbons (Fsp3) is 0.769. The number of hydrogen-bond acceptors (Lipinski definition) is 2. The molecule has 1 fully saturated rings. The van der Waals surface area contributed by atoms with Crippen LogP contribution in [0.4, 0.5) is 0 Å². The van der Waals surface area contributed by atoms with Crippen molar-refractivity contribution < 1.29 is 0 Å². The van der Waals surface area contributed by atoms with Gasteiger partial charge in [-0.3, -0.25) is 4.68 Å². The van der Waals surface area contributed by atoms with Crippen molar-refractivity contribution in [2.24, 2.45) is 12.5 Å². The van der Waals surface area contributed by atoms with Gasteiger partial charge in [0.1, 0.15) is 0 Å². The minimum absolute atomic E-state index is 0.477. The molecular weight excluding hydrogens is 198 g/mol. The van der Waals surface area contributed by atoms with Gasteiger partial charge in [-0.1, -0.05) is 19.8 Å². The Morgan fingerprint density at radius 3 is 2.75 bits per heavy atom. The van der Waals surface area contributed by atoms with E-state index < -0.39 is 0 Å². The van der Waals surface area contributed by atoms with Crippen molar-refractivity contribution in [3.05, 3.63) is 18.0 Å². The summed E-state index contributed by atoms with van der Waals surface area (Å²) in [6.45, 7) is 4.41. The molecule has 0 saturated heterocycles. The number of aromatic nitrogens is 2. The monoisotopic (exact) mass is 221 g/mol. The van der Waals surface area contributed by atoms with Gasteiger partial charge in [-0.2, -0.15) is 5.10 Å². The molecular formula is C13H23N3. The molecule has 0 unspecified atom stereocenters. The summed E-state index contributed by atoms with van der Waals surface area (Å²) < 4.78 is 1.91. The number of nitrogens with one attached hydrogen (secondary N) is 1. The Hall–Kier alpha value is -0.830. The van der Waals surface area contributed by atoms with Crippen LogP contribution in [0.25, 0.3) is 0 Å². The summed E-state index contributed by atoms with van der Waals surface area (Å²) in [6.07, 6.45) is 8.68. The van der Waals surface area contributed by atoms with Gasteiger partial charge in [0.05, 0.1) is 5.69 Å². The first-order valence-corrected chi connectivity index (χ1v) is 6.43. The first-order valence-electron chi connectivity index (χ1n) is 6.43. The van der Waals surface area contributed by atoms with Gasteiger partial charge < -0.3 is 5.32 Å². The van der Waals surface area contributed by atoms with E-state index in [1.807, 2.05) is 17.9 Å². The van der Waals surface area contributed by atoms with E-state index in [0.717, 1.165) is 19.5 Å². The van der Waals surface area contributed by atoms with Crippen molar-refractivity contribution in [2.75, 3.05) is 13.1 Å². The van der Waals surface area contributed by atoms with Crippen molar-refractivity contribution in [1.29, 1.82) is 0 Å². The van der Waals surface area contributed by atoms with Crippen LogP contribution in [-0.4, -0.2) is 22.9 Å². The van der Waals surface area contributed by atoms with E-state index in [1.54, 1.807) is 0 Å². The molecule has 0 bridgehead atoms. The predicted octanol–water partition coefficient (Wildman–Crippen LogP) is 2.13. The van der Waals surface area contributed by atoms with Gasteiger partial charge >= 0.3 is 0 Å². The summed E-state index contributed by atoms with van der Waals surface area (Å²) in [6, 6.07) is 2.16. The van der Waals surface area contributed by atoms with Crippen molar-refractivity contribution in [2.45, 2.75) is 39.0 Å². The second kappa shape index (κ2) is 5.00. The fourth-order valence-corrected chi connectivity index (χ4v) is 2.87. The van der Waals surface area contributed by atoms with Gasteiger partial charge in [-0.15, -0.1) is 0 Å². The maximum atomic E-state index is 4.52. The van der Waals surface area contributed by atoms with Crippen LogP contribution in [0.1, 0.15) is 38.3 Å². The second-order valence-corrected chi connectivity index (χ2v) is 5.14. The molecule has 1 N–H and O–H groups in total. The maximum absolute atomic E-state index is 4.52. The molecule has 1 aromatic rings. The third-order valence-corrected chi connectivity index (χ3v) is 3.74. The van der Waals surface area contributed by atoms with Crippen molar-refractivity contribution >= 4 is 0 Å². The Bertz CT molecular complexity index is 324. The molecule has 1 aliphatic rings. The molecule has 1 saturated carbocycles. The SMILES string of the molecule is CCNCC1(Cc2ccn(C)n2)CCCC1. The smallest absolute Gasteiger partial charge is 0.0630 e. The zero-order valence-electron chi connectivity index (χ0n) is 10.5. The lowest BCUT2D eigenvalue weighted by atomic mass is 9.81. The van der Waals surface area contributed by atoms with Crippen molar-refractivity contribution in [1.82, 2.24) is 15.1 Å². The number of hydrogen-bond donors (Lipinski definition) is 1. The van der Waals surface area contributed by atoms with Gasteiger partial charge in [0, 0.05) is 19.8 Å². The van der Waals surface area contributed by atoms with Crippen LogP contribution in [0, 0.1) is 5.41 Å². The summed E-state index contributed by atoms with van der Waals surface area (Å²) in [7, 11) is 2.00. The van der Waals surface area contributed by atoms with Gasteiger partial charge in [-0.05, 0) is 37.3 Å². The zero-order valence-corrected chi connectivity index (χ0v) is 10.5. The van der Waals surface area contributed by atoms with E-state index in [-0.39, 0.29) is 0 Å². The molecule has 0 radical (unpaired) electrons. The maximum Gasteiger partial charge on any atom is 0.0630 e. The molecule has 0 atom stereocenters. The molecule has 3 nitrogen and oxygen atoms in total. The molecule has 2 rings (SSSR count). The van der Waals surface area contributed by atoms with Crippen molar-refractivity contribution in [3.8, 4) is 0 Å². The molecule has 1 aromatic heterocycles. The first-order chi connectivity index (χ1) is 7.74. The zero-order chi connectivity index (χ0) is 11.4.